The lowest BCUT2D eigenvalue weighted by Crippen LogP contribution is -2.47. The maximum atomic E-state index is 10.3. The molecule has 1 aromatic rings. The third kappa shape index (κ3) is 6.39. The molecule has 1 atom stereocenters. The Labute approximate surface area is 147 Å². The maximum Gasteiger partial charge on any atom is 0.191 e. The zero-order chi connectivity index (χ0) is 14.3. The number of hydrogen-bond acceptors (Lipinski definition) is 4. The molecule has 0 radical (unpaired) electrons. The Kier molecular flexibility index (Phi) is 8.35. The number of rotatable bonds is 5. The standard InChI is InChI=1S/C14H22N4OS.HI/c1-2-15-13(17-9-12-5-3-4-7-16-12)18-10-14(19)6-8-20-11-14;/h3-5,7,19H,2,6,8-11H2,1H3,(H2,15,17,18);1H. The number of aromatic nitrogens is 1. The molecule has 0 saturated carbocycles. The molecule has 3 N–H and O–H groups in total. The molecule has 1 aliphatic rings. The number of hydrogen-bond donors (Lipinski definition) is 3. The van der Waals surface area contributed by atoms with E-state index in [0.717, 1.165) is 36.1 Å². The van der Waals surface area contributed by atoms with Gasteiger partial charge in [-0.2, -0.15) is 11.8 Å². The quantitative estimate of drug-likeness (QED) is 0.382. The smallest absolute Gasteiger partial charge is 0.191 e. The summed E-state index contributed by atoms with van der Waals surface area (Å²) in [6, 6.07) is 5.80. The highest BCUT2D eigenvalue weighted by Gasteiger charge is 2.31. The first-order valence-corrected chi connectivity index (χ1v) is 8.09. The van der Waals surface area contributed by atoms with Crippen molar-refractivity contribution in [3.63, 3.8) is 0 Å². The van der Waals surface area contributed by atoms with Gasteiger partial charge in [0.25, 0.3) is 0 Å². The highest BCUT2D eigenvalue weighted by Crippen LogP contribution is 2.26. The van der Waals surface area contributed by atoms with Gasteiger partial charge in [-0.15, -0.1) is 24.0 Å². The second-order valence-electron chi connectivity index (χ2n) is 4.90. The highest BCUT2D eigenvalue weighted by atomic mass is 127. The Bertz CT molecular complexity index is 438. The molecule has 2 rings (SSSR count). The van der Waals surface area contributed by atoms with E-state index in [1.54, 1.807) is 18.0 Å². The Balaban J connectivity index is 0.00000220. The van der Waals surface area contributed by atoms with Crippen LogP contribution >= 0.6 is 35.7 Å². The summed E-state index contributed by atoms with van der Waals surface area (Å²) in [5.74, 6) is 2.54. The van der Waals surface area contributed by atoms with E-state index in [4.69, 9.17) is 0 Å². The molecule has 1 fully saturated rings. The van der Waals surface area contributed by atoms with Crippen molar-refractivity contribution >= 4 is 41.7 Å². The van der Waals surface area contributed by atoms with Crippen molar-refractivity contribution in [3.05, 3.63) is 30.1 Å². The van der Waals surface area contributed by atoms with Gasteiger partial charge in [0.1, 0.15) is 0 Å². The van der Waals surface area contributed by atoms with Crippen LogP contribution in [-0.4, -0.2) is 46.2 Å². The lowest BCUT2D eigenvalue weighted by atomic mass is 10.0. The first-order chi connectivity index (χ1) is 9.72. The first kappa shape index (κ1) is 18.5. The average Bonchev–Trinajstić information content (AvgIpc) is 2.90. The van der Waals surface area contributed by atoms with Crippen LogP contribution in [0.2, 0.25) is 0 Å². The number of nitrogens with zero attached hydrogens (tertiary/aromatic N) is 2. The molecule has 1 aromatic heterocycles. The molecule has 2 heterocycles. The summed E-state index contributed by atoms with van der Waals surface area (Å²) >= 11 is 1.80. The Morgan fingerprint density at radius 3 is 2.95 bits per heavy atom. The van der Waals surface area contributed by atoms with Crippen LogP contribution in [0, 0.1) is 0 Å². The highest BCUT2D eigenvalue weighted by molar-refractivity contribution is 14.0. The van der Waals surface area contributed by atoms with Gasteiger partial charge in [-0.3, -0.25) is 4.98 Å². The monoisotopic (exact) mass is 422 g/mol. The topological polar surface area (TPSA) is 69.5 Å². The summed E-state index contributed by atoms with van der Waals surface area (Å²) in [6.45, 7) is 3.89. The van der Waals surface area contributed by atoms with Crippen molar-refractivity contribution in [3.8, 4) is 0 Å². The molecule has 0 amide bonds. The average molecular weight is 422 g/mol. The van der Waals surface area contributed by atoms with E-state index in [2.05, 4.69) is 20.6 Å². The van der Waals surface area contributed by atoms with Crippen LogP contribution in [0.3, 0.4) is 0 Å². The van der Waals surface area contributed by atoms with Crippen molar-refractivity contribution in [2.24, 2.45) is 4.99 Å². The summed E-state index contributed by atoms with van der Waals surface area (Å²) in [5, 5.41) is 16.7. The van der Waals surface area contributed by atoms with Crippen LogP contribution in [0.1, 0.15) is 19.0 Å². The van der Waals surface area contributed by atoms with Gasteiger partial charge in [0.05, 0.1) is 17.8 Å². The summed E-state index contributed by atoms with van der Waals surface area (Å²) < 4.78 is 0. The molecule has 1 saturated heterocycles. The lowest BCUT2D eigenvalue weighted by molar-refractivity contribution is 0.0724. The largest absolute Gasteiger partial charge is 0.387 e. The number of nitrogens with one attached hydrogen (secondary N) is 2. The third-order valence-corrected chi connectivity index (χ3v) is 4.37. The zero-order valence-electron chi connectivity index (χ0n) is 12.2. The normalized spacial score (nSPS) is 21.7. The fourth-order valence-corrected chi connectivity index (χ4v) is 3.27. The van der Waals surface area contributed by atoms with Crippen LogP contribution in [0.5, 0.6) is 0 Å². The van der Waals surface area contributed by atoms with Gasteiger partial charge >= 0.3 is 0 Å². The van der Waals surface area contributed by atoms with Gasteiger partial charge in [0, 0.05) is 25.0 Å². The molecule has 0 aliphatic carbocycles. The second-order valence-corrected chi connectivity index (χ2v) is 6.00. The maximum absolute atomic E-state index is 10.3. The molecule has 0 bridgehead atoms. The SMILES string of the molecule is CCNC(=NCc1ccccn1)NCC1(O)CCSC1.I. The van der Waals surface area contributed by atoms with Crippen molar-refractivity contribution in [2.45, 2.75) is 25.5 Å². The number of pyridine rings is 1. The van der Waals surface area contributed by atoms with E-state index >= 15 is 0 Å². The third-order valence-electron chi connectivity index (χ3n) is 3.14. The van der Waals surface area contributed by atoms with Crippen molar-refractivity contribution in [1.82, 2.24) is 15.6 Å². The first-order valence-electron chi connectivity index (χ1n) is 6.94. The molecule has 1 unspecified atom stereocenters. The van der Waals surface area contributed by atoms with Crippen molar-refractivity contribution in [2.75, 3.05) is 24.6 Å². The van der Waals surface area contributed by atoms with Gasteiger partial charge in [0.2, 0.25) is 0 Å². The summed E-state index contributed by atoms with van der Waals surface area (Å²) in [6.07, 6.45) is 2.61. The molecule has 118 valence electrons. The number of thioether (sulfide) groups is 1. The number of aliphatic imine (C=N–C) groups is 1. The molecular formula is C14H23IN4OS. The van der Waals surface area contributed by atoms with E-state index < -0.39 is 5.60 Å². The molecule has 5 nitrogen and oxygen atoms in total. The molecule has 0 spiro atoms. The fourth-order valence-electron chi connectivity index (χ4n) is 1.98. The predicted octanol–water partition coefficient (Wildman–Crippen LogP) is 1.62. The minimum absolute atomic E-state index is 0. The van der Waals surface area contributed by atoms with Gasteiger partial charge in [0.15, 0.2) is 5.96 Å². The van der Waals surface area contributed by atoms with Crippen LogP contribution in [-0.2, 0) is 6.54 Å². The van der Waals surface area contributed by atoms with Gasteiger partial charge in [-0.25, -0.2) is 4.99 Å². The summed E-state index contributed by atoms with van der Waals surface area (Å²) in [7, 11) is 0. The second kappa shape index (κ2) is 9.47. The minimum atomic E-state index is -0.605. The molecule has 7 heteroatoms. The zero-order valence-corrected chi connectivity index (χ0v) is 15.4. The van der Waals surface area contributed by atoms with Crippen molar-refractivity contribution in [1.29, 1.82) is 0 Å². The van der Waals surface area contributed by atoms with Crippen LogP contribution in [0.4, 0.5) is 0 Å². The molecule has 0 aromatic carbocycles. The number of halogens is 1. The molecule has 21 heavy (non-hydrogen) atoms. The lowest BCUT2D eigenvalue weighted by Gasteiger charge is -2.23. The van der Waals surface area contributed by atoms with Gasteiger partial charge < -0.3 is 15.7 Å². The minimum Gasteiger partial charge on any atom is -0.387 e. The fraction of sp³-hybridized carbons (Fsp3) is 0.571. The van der Waals surface area contributed by atoms with Gasteiger partial charge in [-0.05, 0) is 31.2 Å². The van der Waals surface area contributed by atoms with E-state index in [0.29, 0.717) is 13.1 Å². The van der Waals surface area contributed by atoms with Gasteiger partial charge in [-0.1, -0.05) is 6.07 Å². The Morgan fingerprint density at radius 1 is 1.48 bits per heavy atom. The van der Waals surface area contributed by atoms with E-state index in [1.165, 1.54) is 0 Å². The van der Waals surface area contributed by atoms with Crippen LogP contribution in [0.15, 0.2) is 29.4 Å². The number of guanidine groups is 1. The summed E-state index contributed by atoms with van der Waals surface area (Å²) in [5.41, 5.74) is 0.325. The molecular weight excluding hydrogens is 399 g/mol. The predicted molar refractivity (Wildman–Crippen MR) is 99.4 cm³/mol. The van der Waals surface area contributed by atoms with Crippen LogP contribution < -0.4 is 10.6 Å². The van der Waals surface area contributed by atoms with E-state index in [1.807, 2.05) is 25.1 Å². The van der Waals surface area contributed by atoms with E-state index in [9.17, 15) is 5.11 Å². The Hall–Kier alpha value is -0.540. The molecule has 1 aliphatic heterocycles. The van der Waals surface area contributed by atoms with E-state index in [-0.39, 0.29) is 24.0 Å². The summed E-state index contributed by atoms with van der Waals surface area (Å²) in [4.78, 5) is 8.74. The Morgan fingerprint density at radius 2 is 2.33 bits per heavy atom. The number of aliphatic hydroxyl groups is 1. The van der Waals surface area contributed by atoms with Crippen molar-refractivity contribution < 1.29 is 5.11 Å². The van der Waals surface area contributed by atoms with Crippen LogP contribution in [0.25, 0.3) is 0 Å².